The summed E-state index contributed by atoms with van der Waals surface area (Å²) in [5.41, 5.74) is -0.194. The number of ether oxygens (including phenoxy) is 1. The molecule has 0 aliphatic heterocycles. The summed E-state index contributed by atoms with van der Waals surface area (Å²) in [5, 5.41) is 55.7. The van der Waals surface area contributed by atoms with Crippen LogP contribution < -0.4 is 40.1 Å². The van der Waals surface area contributed by atoms with Crippen molar-refractivity contribution in [1.29, 1.82) is 0 Å². The first-order valence-electron chi connectivity index (χ1n) is 14.5. The van der Waals surface area contributed by atoms with Gasteiger partial charge in [-0.25, -0.2) is 0 Å². The minimum atomic E-state index is -0.880. The second-order valence-corrected chi connectivity index (χ2v) is 11.4. The molecule has 0 amide bonds. The van der Waals surface area contributed by atoms with E-state index in [-0.39, 0.29) is 98.5 Å². The molecule has 1 heterocycles. The molecule has 0 unspecified atom stereocenters. The van der Waals surface area contributed by atoms with Crippen LogP contribution in [0.2, 0.25) is 0 Å². The number of hydrogen-bond donors (Lipinski definition) is 5. The standard InChI is InChI=1S/C12H10O4.C8H8O4.C8H10O3.C4H6O2.Na/c13-7-3-8(14)12-9(15)5-10(6-1-2-6)16-11(12)4-7;1-4(9)8-6(11)2-5(10)3-7(8)12;9-7(5-1-2-5)11-8(10)6-3-4-6;5-4(6)3-1-2-3;/h3-6,13-14H,1-2H2;2-3,10-12H,1H3;5-6H,1-4H2;3H,1-2H2,(H,5,6);/q;;;;+1/p-1. The SMILES string of the molecule is CC(=O)c1c(O)cc(O)cc1O.O=C(OC(=O)C1CC1)C1CC1.O=C([O-])C1CC1.O=c1cc(C2CC2)oc2cc(O)cc(O)c12.[Na+]. The van der Waals surface area contributed by atoms with Crippen LogP contribution in [0, 0.1) is 17.8 Å². The molecule has 7 rings (SSSR count). The van der Waals surface area contributed by atoms with Crippen molar-refractivity contribution in [2.24, 2.45) is 17.8 Å². The van der Waals surface area contributed by atoms with Gasteiger partial charge >= 0.3 is 41.5 Å². The maximum atomic E-state index is 11.8. The summed E-state index contributed by atoms with van der Waals surface area (Å²) in [6, 6.07) is 5.90. The zero-order valence-electron chi connectivity index (χ0n) is 25.4. The van der Waals surface area contributed by atoms with Crippen LogP contribution in [0.1, 0.15) is 80.3 Å². The van der Waals surface area contributed by atoms with E-state index in [1.807, 2.05) is 0 Å². The van der Waals surface area contributed by atoms with E-state index in [1.165, 1.54) is 19.1 Å². The van der Waals surface area contributed by atoms with E-state index in [0.717, 1.165) is 69.6 Å². The maximum Gasteiger partial charge on any atom is 1.00 e. The second kappa shape index (κ2) is 15.5. The summed E-state index contributed by atoms with van der Waals surface area (Å²) in [4.78, 5) is 54.0. The van der Waals surface area contributed by atoms with Crippen LogP contribution in [0.5, 0.6) is 28.7 Å². The molecule has 2 aromatic carbocycles. The molecule has 1 aromatic heterocycles. The van der Waals surface area contributed by atoms with Gasteiger partial charge in [-0.05, 0) is 64.2 Å². The zero-order chi connectivity index (χ0) is 33.0. The smallest absolute Gasteiger partial charge is 0.550 e. The fraction of sp³-hybridized carbons (Fsp3) is 0.406. The fourth-order valence-electron chi connectivity index (χ4n) is 4.02. The van der Waals surface area contributed by atoms with Gasteiger partial charge in [0.05, 0.1) is 11.8 Å². The minimum Gasteiger partial charge on any atom is -0.550 e. The number of carbonyl (C=O) groups excluding carboxylic acids is 4. The van der Waals surface area contributed by atoms with Crippen LogP contribution in [0.3, 0.4) is 0 Å². The quantitative estimate of drug-likeness (QED) is 0.107. The van der Waals surface area contributed by atoms with Gasteiger partial charge < -0.3 is 44.6 Å². The van der Waals surface area contributed by atoms with E-state index in [2.05, 4.69) is 4.74 Å². The van der Waals surface area contributed by atoms with E-state index in [4.69, 9.17) is 19.7 Å². The normalized spacial score (nSPS) is 16.1. The topological polar surface area (TPSA) is 232 Å². The van der Waals surface area contributed by atoms with E-state index in [9.17, 15) is 39.3 Å². The van der Waals surface area contributed by atoms with Crippen molar-refractivity contribution >= 4 is 34.7 Å². The summed E-state index contributed by atoms with van der Waals surface area (Å²) in [5.74, 6) is -2.46. The molecule has 4 fully saturated rings. The van der Waals surface area contributed by atoms with Crippen LogP contribution in [-0.2, 0) is 19.1 Å². The van der Waals surface area contributed by atoms with E-state index in [1.54, 1.807) is 0 Å². The fourth-order valence-corrected chi connectivity index (χ4v) is 4.02. The van der Waals surface area contributed by atoms with Crippen molar-refractivity contribution in [3.8, 4) is 28.7 Å². The van der Waals surface area contributed by atoms with E-state index < -0.39 is 23.3 Å². The van der Waals surface area contributed by atoms with Crippen molar-refractivity contribution in [1.82, 2.24) is 0 Å². The molecule has 13 nitrogen and oxygen atoms in total. The third-order valence-corrected chi connectivity index (χ3v) is 7.16. The second-order valence-electron chi connectivity index (χ2n) is 11.4. The molecule has 0 saturated heterocycles. The third-order valence-electron chi connectivity index (χ3n) is 7.16. The maximum absolute atomic E-state index is 11.8. The third kappa shape index (κ3) is 10.5. The molecular formula is C32H33NaO13. The molecule has 3 aromatic rings. The molecule has 4 aliphatic rings. The summed E-state index contributed by atoms with van der Waals surface area (Å²) < 4.78 is 10.1. The van der Waals surface area contributed by atoms with Crippen molar-refractivity contribution in [2.45, 2.75) is 64.2 Å². The van der Waals surface area contributed by atoms with E-state index >= 15 is 0 Å². The molecule has 0 bridgehead atoms. The van der Waals surface area contributed by atoms with Gasteiger partial charge in [0.2, 0.25) is 0 Å². The Kier molecular flexibility index (Phi) is 12.2. The Morgan fingerprint density at radius 1 is 0.717 bits per heavy atom. The summed E-state index contributed by atoms with van der Waals surface area (Å²) in [7, 11) is 0. The number of benzene rings is 2. The number of phenolic OH excluding ortho intramolecular Hbond substituents is 5. The first-order chi connectivity index (χ1) is 21.2. The first-order valence-corrected chi connectivity index (χ1v) is 14.5. The number of esters is 2. The number of carboxylic acid groups (broad SMARTS) is 1. The van der Waals surface area contributed by atoms with Gasteiger partial charge in [0.25, 0.3) is 0 Å². The molecule has 46 heavy (non-hydrogen) atoms. The number of rotatable bonds is 5. The van der Waals surface area contributed by atoms with Gasteiger partial charge in [-0.1, -0.05) is 0 Å². The number of hydrogen-bond acceptors (Lipinski definition) is 13. The molecule has 14 heteroatoms. The van der Waals surface area contributed by atoms with Gasteiger partial charge in [0.1, 0.15) is 51.0 Å². The van der Waals surface area contributed by atoms with Crippen molar-refractivity contribution in [3.63, 3.8) is 0 Å². The number of carbonyl (C=O) groups is 4. The Bertz CT molecular complexity index is 1630. The molecule has 0 atom stereocenters. The van der Waals surface area contributed by atoms with Gasteiger partial charge in [-0.15, -0.1) is 0 Å². The minimum absolute atomic E-state index is 0. The largest absolute Gasteiger partial charge is 1.00 e. The Morgan fingerprint density at radius 2 is 1.17 bits per heavy atom. The predicted octanol–water partition coefficient (Wildman–Crippen LogP) is 0.114. The van der Waals surface area contributed by atoms with Crippen molar-refractivity contribution in [3.05, 3.63) is 51.9 Å². The predicted molar refractivity (Wildman–Crippen MR) is 154 cm³/mol. The summed E-state index contributed by atoms with van der Waals surface area (Å²) in [6.07, 6.45) is 7.32. The van der Waals surface area contributed by atoms with Crippen LogP contribution in [-0.4, -0.2) is 49.2 Å². The number of phenols is 5. The van der Waals surface area contributed by atoms with Gasteiger partial charge in [-0.3, -0.25) is 19.2 Å². The van der Waals surface area contributed by atoms with Gasteiger partial charge in [-0.2, -0.15) is 0 Å². The Balaban J connectivity index is 0.000000173. The average Bonchev–Trinajstić information content (AvgIpc) is 3.76. The van der Waals surface area contributed by atoms with Crippen LogP contribution in [0.4, 0.5) is 0 Å². The van der Waals surface area contributed by atoms with Crippen LogP contribution >= 0.6 is 0 Å². The van der Waals surface area contributed by atoms with Crippen LogP contribution in [0.15, 0.2) is 39.5 Å². The Labute approximate surface area is 284 Å². The molecule has 240 valence electrons. The van der Waals surface area contributed by atoms with Gasteiger partial charge in [0.15, 0.2) is 11.2 Å². The van der Waals surface area contributed by atoms with Crippen molar-refractivity contribution in [2.75, 3.05) is 0 Å². The number of Topliss-reactive ketones (excluding diaryl/α,β-unsaturated/α-hetero) is 1. The average molecular weight is 649 g/mol. The number of aromatic hydroxyl groups is 5. The monoisotopic (exact) mass is 648 g/mol. The Hall–Kier alpha value is -4.07. The Morgan fingerprint density at radius 3 is 1.57 bits per heavy atom. The zero-order valence-corrected chi connectivity index (χ0v) is 27.4. The number of fused-ring (bicyclic) bond motifs is 1. The molecule has 4 aliphatic carbocycles. The molecule has 0 spiro atoms. The molecular weight excluding hydrogens is 615 g/mol. The summed E-state index contributed by atoms with van der Waals surface area (Å²) >= 11 is 0. The molecule has 0 radical (unpaired) electrons. The summed E-state index contributed by atoms with van der Waals surface area (Å²) in [6.45, 7) is 1.21. The van der Waals surface area contributed by atoms with Crippen molar-refractivity contribution < 1.29 is 88.5 Å². The first kappa shape index (κ1) is 36.4. The molecule has 5 N–H and O–H groups in total. The van der Waals surface area contributed by atoms with E-state index in [0.29, 0.717) is 11.7 Å². The number of ketones is 1. The van der Waals surface area contributed by atoms with Gasteiger partial charge in [0, 0.05) is 42.2 Å². The van der Waals surface area contributed by atoms with Crippen LogP contribution in [0.25, 0.3) is 11.0 Å². The number of carboxylic acids is 1. The number of aliphatic carboxylic acids is 1. The molecule has 4 saturated carbocycles.